The third-order valence-corrected chi connectivity index (χ3v) is 2.64. The van der Waals surface area contributed by atoms with Gasteiger partial charge in [-0.1, -0.05) is 0 Å². The van der Waals surface area contributed by atoms with E-state index in [-0.39, 0.29) is 5.75 Å². The smallest absolute Gasteiger partial charge is 0.160 e. The Kier molecular flexibility index (Phi) is 2.13. The van der Waals surface area contributed by atoms with Gasteiger partial charge < -0.3 is 9.84 Å². The van der Waals surface area contributed by atoms with Gasteiger partial charge in [0.2, 0.25) is 0 Å². The third kappa shape index (κ3) is 1.48. The minimum Gasteiger partial charge on any atom is -0.504 e. The summed E-state index contributed by atoms with van der Waals surface area (Å²) in [5.41, 5.74) is 2.62. The minimum atomic E-state index is 0.267. The monoisotopic (exact) mass is 178 g/mol. The number of phenols is 1. The van der Waals surface area contributed by atoms with Gasteiger partial charge >= 0.3 is 0 Å². The third-order valence-electron chi connectivity index (χ3n) is 2.64. The summed E-state index contributed by atoms with van der Waals surface area (Å²) in [7, 11) is 1.59. The molecule has 0 aliphatic heterocycles. The van der Waals surface area contributed by atoms with Crippen LogP contribution in [0.25, 0.3) is 0 Å². The number of ether oxygens (including phenoxy) is 1. The molecule has 0 heterocycles. The SMILES string of the molecule is COc1cc2c(cc1O)CCCC2. The van der Waals surface area contributed by atoms with E-state index in [0.29, 0.717) is 5.75 Å². The molecule has 0 radical (unpaired) electrons. The molecule has 0 atom stereocenters. The molecule has 1 N–H and O–H groups in total. The van der Waals surface area contributed by atoms with Gasteiger partial charge in [-0.25, -0.2) is 0 Å². The van der Waals surface area contributed by atoms with Crippen molar-refractivity contribution in [3.8, 4) is 11.5 Å². The fourth-order valence-corrected chi connectivity index (χ4v) is 1.91. The van der Waals surface area contributed by atoms with Crippen molar-refractivity contribution in [3.05, 3.63) is 23.3 Å². The van der Waals surface area contributed by atoms with E-state index in [1.807, 2.05) is 12.1 Å². The second-order valence-electron chi connectivity index (χ2n) is 3.50. The first kappa shape index (κ1) is 8.42. The van der Waals surface area contributed by atoms with Crippen molar-refractivity contribution in [1.29, 1.82) is 0 Å². The average molecular weight is 178 g/mol. The Balaban J connectivity index is 2.44. The Hall–Kier alpha value is -1.18. The average Bonchev–Trinajstić information content (AvgIpc) is 2.17. The molecule has 0 aromatic heterocycles. The van der Waals surface area contributed by atoms with Crippen LogP contribution in [0.15, 0.2) is 12.1 Å². The van der Waals surface area contributed by atoms with Gasteiger partial charge in [-0.2, -0.15) is 0 Å². The van der Waals surface area contributed by atoms with Gasteiger partial charge in [-0.15, -0.1) is 0 Å². The zero-order valence-electron chi connectivity index (χ0n) is 7.84. The summed E-state index contributed by atoms with van der Waals surface area (Å²) in [5, 5.41) is 9.54. The van der Waals surface area contributed by atoms with Crippen LogP contribution < -0.4 is 4.74 Å². The summed E-state index contributed by atoms with van der Waals surface area (Å²) in [5.74, 6) is 0.865. The molecule has 1 aromatic carbocycles. The largest absolute Gasteiger partial charge is 0.504 e. The van der Waals surface area contributed by atoms with E-state index in [2.05, 4.69) is 0 Å². The van der Waals surface area contributed by atoms with Crippen molar-refractivity contribution < 1.29 is 9.84 Å². The van der Waals surface area contributed by atoms with Gasteiger partial charge in [0, 0.05) is 0 Å². The van der Waals surface area contributed by atoms with Crippen LogP contribution in [0.3, 0.4) is 0 Å². The van der Waals surface area contributed by atoms with E-state index in [4.69, 9.17) is 4.74 Å². The predicted octanol–water partition coefficient (Wildman–Crippen LogP) is 2.28. The maximum atomic E-state index is 9.54. The molecule has 0 bridgehead atoms. The number of methoxy groups -OCH3 is 1. The highest BCUT2D eigenvalue weighted by atomic mass is 16.5. The molecule has 1 aromatic rings. The number of benzene rings is 1. The normalized spacial score (nSPS) is 15.2. The zero-order chi connectivity index (χ0) is 9.26. The topological polar surface area (TPSA) is 29.5 Å². The molecule has 2 heteroatoms. The van der Waals surface area contributed by atoms with Crippen LogP contribution in [0.4, 0.5) is 0 Å². The van der Waals surface area contributed by atoms with Crippen molar-refractivity contribution in [2.24, 2.45) is 0 Å². The van der Waals surface area contributed by atoms with Crippen molar-refractivity contribution in [2.45, 2.75) is 25.7 Å². The molecule has 0 spiro atoms. The molecular weight excluding hydrogens is 164 g/mol. The maximum absolute atomic E-state index is 9.54. The van der Waals surface area contributed by atoms with Crippen molar-refractivity contribution in [2.75, 3.05) is 7.11 Å². The Labute approximate surface area is 78.2 Å². The van der Waals surface area contributed by atoms with Gasteiger partial charge in [0.05, 0.1) is 7.11 Å². The number of aromatic hydroxyl groups is 1. The lowest BCUT2D eigenvalue weighted by Gasteiger charge is -2.17. The van der Waals surface area contributed by atoms with Crippen LogP contribution in [-0.2, 0) is 12.8 Å². The van der Waals surface area contributed by atoms with E-state index in [9.17, 15) is 5.11 Å². The second kappa shape index (κ2) is 3.29. The Morgan fingerprint density at radius 3 is 2.38 bits per heavy atom. The molecule has 0 unspecified atom stereocenters. The fraction of sp³-hybridized carbons (Fsp3) is 0.455. The minimum absolute atomic E-state index is 0.267. The summed E-state index contributed by atoms with van der Waals surface area (Å²) in [6, 6.07) is 3.80. The molecule has 2 rings (SSSR count). The summed E-state index contributed by atoms with van der Waals surface area (Å²) >= 11 is 0. The molecule has 2 nitrogen and oxygen atoms in total. The highest BCUT2D eigenvalue weighted by Crippen LogP contribution is 2.32. The summed E-state index contributed by atoms with van der Waals surface area (Å²) < 4.78 is 5.06. The van der Waals surface area contributed by atoms with Crippen LogP contribution in [-0.4, -0.2) is 12.2 Å². The highest BCUT2D eigenvalue weighted by molar-refractivity contribution is 5.47. The van der Waals surface area contributed by atoms with E-state index in [0.717, 1.165) is 12.8 Å². The van der Waals surface area contributed by atoms with E-state index >= 15 is 0 Å². The number of fused-ring (bicyclic) bond motifs is 1. The molecule has 0 amide bonds. The standard InChI is InChI=1S/C11H14O2/c1-13-11-7-9-5-3-2-4-8(9)6-10(11)12/h6-7,12H,2-5H2,1H3. The maximum Gasteiger partial charge on any atom is 0.160 e. The summed E-state index contributed by atoms with van der Waals surface area (Å²) in [6.07, 6.45) is 4.69. The fourth-order valence-electron chi connectivity index (χ4n) is 1.91. The second-order valence-corrected chi connectivity index (χ2v) is 3.50. The predicted molar refractivity (Wildman–Crippen MR) is 51.3 cm³/mol. The van der Waals surface area contributed by atoms with Crippen molar-refractivity contribution >= 4 is 0 Å². The van der Waals surface area contributed by atoms with Gasteiger partial charge in [0.1, 0.15) is 0 Å². The Bertz CT molecular complexity index is 318. The van der Waals surface area contributed by atoms with Crippen molar-refractivity contribution in [3.63, 3.8) is 0 Å². The molecule has 0 saturated carbocycles. The molecular formula is C11H14O2. The summed E-state index contributed by atoms with van der Waals surface area (Å²) in [4.78, 5) is 0. The lowest BCUT2D eigenvalue weighted by Crippen LogP contribution is -2.02. The number of hydrogen-bond acceptors (Lipinski definition) is 2. The molecule has 13 heavy (non-hydrogen) atoms. The van der Waals surface area contributed by atoms with Crippen LogP contribution in [0.1, 0.15) is 24.0 Å². The lowest BCUT2D eigenvalue weighted by molar-refractivity contribution is 0.372. The molecule has 1 aliphatic rings. The van der Waals surface area contributed by atoms with Gasteiger partial charge in [-0.05, 0) is 48.9 Å². The van der Waals surface area contributed by atoms with Crippen LogP contribution in [0.2, 0.25) is 0 Å². The first-order chi connectivity index (χ1) is 6.31. The van der Waals surface area contributed by atoms with E-state index in [1.54, 1.807) is 7.11 Å². The number of aryl methyl sites for hydroxylation is 2. The van der Waals surface area contributed by atoms with Gasteiger partial charge in [-0.3, -0.25) is 0 Å². The zero-order valence-corrected chi connectivity index (χ0v) is 7.84. The quantitative estimate of drug-likeness (QED) is 0.714. The van der Waals surface area contributed by atoms with E-state index in [1.165, 1.54) is 24.0 Å². The first-order valence-corrected chi connectivity index (χ1v) is 4.70. The lowest BCUT2D eigenvalue weighted by atomic mass is 9.91. The number of hydrogen-bond donors (Lipinski definition) is 1. The van der Waals surface area contributed by atoms with Crippen molar-refractivity contribution in [1.82, 2.24) is 0 Å². The number of phenolic OH excluding ortho intramolecular Hbond substituents is 1. The van der Waals surface area contributed by atoms with Gasteiger partial charge in [0.25, 0.3) is 0 Å². The Morgan fingerprint density at radius 2 is 1.77 bits per heavy atom. The van der Waals surface area contributed by atoms with E-state index < -0.39 is 0 Å². The highest BCUT2D eigenvalue weighted by Gasteiger charge is 2.12. The Morgan fingerprint density at radius 1 is 1.15 bits per heavy atom. The van der Waals surface area contributed by atoms with Crippen LogP contribution in [0, 0.1) is 0 Å². The molecule has 0 fully saturated rings. The van der Waals surface area contributed by atoms with Crippen LogP contribution in [0.5, 0.6) is 11.5 Å². The van der Waals surface area contributed by atoms with Crippen LogP contribution >= 0.6 is 0 Å². The first-order valence-electron chi connectivity index (χ1n) is 4.70. The number of rotatable bonds is 1. The molecule has 70 valence electrons. The summed E-state index contributed by atoms with van der Waals surface area (Å²) in [6.45, 7) is 0. The van der Waals surface area contributed by atoms with Gasteiger partial charge in [0.15, 0.2) is 11.5 Å². The molecule has 1 aliphatic carbocycles. The molecule has 0 saturated heterocycles.